The second-order valence-electron chi connectivity index (χ2n) is 7.50. The molecule has 5 N–H and O–H groups in total. The highest BCUT2D eigenvalue weighted by Crippen LogP contribution is 2.31. The molecule has 3 rings (SSSR count). The van der Waals surface area contributed by atoms with Crippen molar-refractivity contribution in [3.63, 3.8) is 0 Å². The van der Waals surface area contributed by atoms with Gasteiger partial charge in [0.2, 0.25) is 11.8 Å². The lowest BCUT2D eigenvalue weighted by Crippen LogP contribution is -2.51. The molecule has 1 saturated heterocycles. The van der Waals surface area contributed by atoms with E-state index in [2.05, 4.69) is 10.3 Å². The molecule has 0 bridgehead atoms. The van der Waals surface area contributed by atoms with Gasteiger partial charge in [0, 0.05) is 23.7 Å². The minimum absolute atomic E-state index is 0.146. The molecule has 2 unspecified atom stereocenters. The number of amides is 2. The van der Waals surface area contributed by atoms with Crippen molar-refractivity contribution in [2.24, 2.45) is 11.7 Å². The number of rotatable bonds is 7. The number of nitrogen functional groups attached to an aromatic ring is 1. The predicted molar refractivity (Wildman–Crippen MR) is 116 cm³/mol. The van der Waals surface area contributed by atoms with Gasteiger partial charge in [0.15, 0.2) is 0 Å². The molecule has 156 valence electrons. The molecule has 2 aromatic rings. The Morgan fingerprint density at radius 1 is 1.38 bits per heavy atom. The first-order valence-electron chi connectivity index (χ1n) is 9.53. The number of nitrogens with zero attached hydrogens (tertiary/aromatic N) is 2. The van der Waals surface area contributed by atoms with Gasteiger partial charge in [-0.2, -0.15) is 0 Å². The number of aryl methyl sites for hydroxylation is 1. The minimum Gasteiger partial charge on any atom is -0.384 e. The van der Waals surface area contributed by atoms with E-state index in [9.17, 15) is 9.59 Å². The van der Waals surface area contributed by atoms with Crippen LogP contribution in [0.5, 0.6) is 0 Å². The van der Waals surface area contributed by atoms with E-state index in [-0.39, 0.29) is 11.8 Å². The zero-order valence-corrected chi connectivity index (χ0v) is 18.1. The number of carbonyl (C=O) groups is 2. The fourth-order valence-electron chi connectivity index (χ4n) is 3.83. The fraction of sp³-hybridized carbons (Fsp3) is 0.450. The van der Waals surface area contributed by atoms with Crippen LogP contribution >= 0.6 is 22.9 Å². The number of halogens is 1. The van der Waals surface area contributed by atoms with Crippen molar-refractivity contribution in [2.75, 3.05) is 12.3 Å². The molecule has 7 nitrogen and oxygen atoms in total. The Morgan fingerprint density at radius 2 is 2.14 bits per heavy atom. The van der Waals surface area contributed by atoms with Gasteiger partial charge in [-0.15, -0.1) is 11.3 Å². The SMILES string of the molecule is Cc1nc(N)ccc1CNC(=O)[C@H](C)N1CC(Cc2ccc(Cl)s2)CC1C(N)=O. The molecule has 3 atom stereocenters. The number of hydrogen-bond acceptors (Lipinski definition) is 6. The molecule has 2 aromatic heterocycles. The maximum absolute atomic E-state index is 12.8. The van der Waals surface area contributed by atoms with E-state index in [1.165, 1.54) is 4.88 Å². The highest BCUT2D eigenvalue weighted by atomic mass is 35.5. The zero-order chi connectivity index (χ0) is 21.1. The summed E-state index contributed by atoms with van der Waals surface area (Å²) < 4.78 is 0.751. The quantitative estimate of drug-likeness (QED) is 0.616. The van der Waals surface area contributed by atoms with Gasteiger partial charge in [-0.25, -0.2) is 4.98 Å². The molecule has 2 amide bonds. The summed E-state index contributed by atoms with van der Waals surface area (Å²) in [6.07, 6.45) is 1.46. The normalized spacial score (nSPS) is 20.5. The number of hydrogen-bond donors (Lipinski definition) is 3. The number of likely N-dealkylation sites (tertiary alicyclic amines) is 1. The highest BCUT2D eigenvalue weighted by Gasteiger charge is 2.40. The Bertz CT molecular complexity index is 903. The Labute approximate surface area is 179 Å². The highest BCUT2D eigenvalue weighted by molar-refractivity contribution is 7.16. The number of thiophene rings is 1. The van der Waals surface area contributed by atoms with E-state index in [4.69, 9.17) is 23.1 Å². The van der Waals surface area contributed by atoms with E-state index < -0.39 is 18.0 Å². The van der Waals surface area contributed by atoms with E-state index in [0.717, 1.165) is 22.0 Å². The number of nitrogens with one attached hydrogen (secondary N) is 1. The number of aromatic nitrogens is 1. The first kappa shape index (κ1) is 21.5. The summed E-state index contributed by atoms with van der Waals surface area (Å²) in [5.74, 6) is 0.161. The Hall–Kier alpha value is -2.16. The second-order valence-corrected chi connectivity index (χ2v) is 9.30. The van der Waals surface area contributed by atoms with Crippen LogP contribution in [0.4, 0.5) is 5.82 Å². The number of anilines is 1. The molecule has 0 aromatic carbocycles. The van der Waals surface area contributed by atoms with Crippen LogP contribution in [-0.4, -0.2) is 40.3 Å². The third kappa shape index (κ3) is 5.26. The van der Waals surface area contributed by atoms with Crippen molar-refractivity contribution in [1.82, 2.24) is 15.2 Å². The van der Waals surface area contributed by atoms with E-state index in [1.807, 2.05) is 36.9 Å². The molecule has 3 heterocycles. The zero-order valence-electron chi connectivity index (χ0n) is 16.5. The predicted octanol–water partition coefficient (Wildman–Crippen LogP) is 2.11. The summed E-state index contributed by atoms with van der Waals surface area (Å²) in [4.78, 5) is 32.0. The second kappa shape index (κ2) is 9.11. The monoisotopic (exact) mass is 435 g/mol. The van der Waals surface area contributed by atoms with Gasteiger partial charge in [0.1, 0.15) is 5.82 Å². The Morgan fingerprint density at radius 3 is 2.76 bits per heavy atom. The lowest BCUT2D eigenvalue weighted by Gasteiger charge is -2.28. The third-order valence-corrected chi connectivity index (χ3v) is 6.67. The maximum atomic E-state index is 12.8. The van der Waals surface area contributed by atoms with Gasteiger partial charge < -0.3 is 16.8 Å². The van der Waals surface area contributed by atoms with Crippen LogP contribution in [0.3, 0.4) is 0 Å². The van der Waals surface area contributed by atoms with Crippen LogP contribution in [0.15, 0.2) is 24.3 Å². The van der Waals surface area contributed by atoms with Gasteiger partial charge >= 0.3 is 0 Å². The molecule has 0 radical (unpaired) electrons. The average molecular weight is 436 g/mol. The van der Waals surface area contributed by atoms with Crippen LogP contribution in [0.1, 0.15) is 29.5 Å². The third-order valence-electron chi connectivity index (χ3n) is 5.42. The van der Waals surface area contributed by atoms with Crippen molar-refractivity contribution in [1.29, 1.82) is 0 Å². The summed E-state index contributed by atoms with van der Waals surface area (Å²) >= 11 is 7.57. The molecule has 29 heavy (non-hydrogen) atoms. The molecule has 0 spiro atoms. The maximum Gasteiger partial charge on any atom is 0.237 e. The van der Waals surface area contributed by atoms with Crippen molar-refractivity contribution < 1.29 is 9.59 Å². The van der Waals surface area contributed by atoms with Crippen LogP contribution < -0.4 is 16.8 Å². The van der Waals surface area contributed by atoms with E-state index >= 15 is 0 Å². The van der Waals surface area contributed by atoms with E-state index in [0.29, 0.717) is 25.3 Å². The molecule has 1 fully saturated rings. The summed E-state index contributed by atoms with van der Waals surface area (Å²) in [5.41, 5.74) is 13.0. The van der Waals surface area contributed by atoms with Crippen LogP contribution in [0.2, 0.25) is 4.34 Å². The van der Waals surface area contributed by atoms with Crippen LogP contribution in [0.25, 0.3) is 0 Å². The molecular weight excluding hydrogens is 410 g/mol. The molecule has 9 heteroatoms. The number of nitrogens with two attached hydrogens (primary N) is 2. The first-order valence-corrected chi connectivity index (χ1v) is 10.7. The van der Waals surface area contributed by atoms with Crippen LogP contribution in [-0.2, 0) is 22.6 Å². The molecular formula is C20H26ClN5O2S. The summed E-state index contributed by atoms with van der Waals surface area (Å²) in [7, 11) is 0. The van der Waals surface area contributed by atoms with Gasteiger partial charge in [-0.3, -0.25) is 14.5 Å². The largest absolute Gasteiger partial charge is 0.384 e. The van der Waals surface area contributed by atoms with Gasteiger partial charge in [-0.1, -0.05) is 17.7 Å². The number of primary amides is 1. The lowest BCUT2D eigenvalue weighted by atomic mass is 10.0. The average Bonchev–Trinajstić information content (AvgIpc) is 3.26. The van der Waals surface area contributed by atoms with Crippen molar-refractivity contribution in [3.05, 3.63) is 44.7 Å². The van der Waals surface area contributed by atoms with Gasteiger partial charge in [0.05, 0.1) is 16.4 Å². The van der Waals surface area contributed by atoms with E-state index in [1.54, 1.807) is 17.4 Å². The standard InChI is InChI=1S/C20H26ClN5O2S/c1-11-14(3-6-18(22)25-11)9-24-20(28)12(2)26-10-13(8-16(26)19(23)27)7-15-4-5-17(21)29-15/h3-6,12-13,16H,7-10H2,1-2H3,(H2,22,25)(H2,23,27)(H,24,28)/t12-,13?,16?/m0/s1. The summed E-state index contributed by atoms with van der Waals surface area (Å²) in [6, 6.07) is 6.54. The molecule has 1 aliphatic rings. The van der Waals surface area contributed by atoms with Crippen molar-refractivity contribution in [2.45, 2.75) is 45.3 Å². The first-order chi connectivity index (χ1) is 13.7. The van der Waals surface area contributed by atoms with Gasteiger partial charge in [0.25, 0.3) is 0 Å². The molecule has 0 saturated carbocycles. The lowest BCUT2D eigenvalue weighted by molar-refractivity contribution is -0.129. The van der Waals surface area contributed by atoms with Crippen molar-refractivity contribution >= 4 is 40.6 Å². The Kier molecular flexibility index (Phi) is 6.77. The minimum atomic E-state index is -0.466. The molecule has 1 aliphatic heterocycles. The Balaban J connectivity index is 1.62. The number of pyridine rings is 1. The topological polar surface area (TPSA) is 114 Å². The molecule has 0 aliphatic carbocycles. The summed E-state index contributed by atoms with van der Waals surface area (Å²) in [6.45, 7) is 4.66. The van der Waals surface area contributed by atoms with Gasteiger partial charge in [-0.05, 0) is 56.4 Å². The smallest absolute Gasteiger partial charge is 0.237 e. The van der Waals surface area contributed by atoms with Crippen LogP contribution in [0, 0.1) is 12.8 Å². The number of carbonyl (C=O) groups excluding carboxylic acids is 2. The fourth-order valence-corrected chi connectivity index (χ4v) is 5.03. The summed E-state index contributed by atoms with van der Waals surface area (Å²) in [5, 5.41) is 2.93. The van der Waals surface area contributed by atoms with Crippen molar-refractivity contribution in [3.8, 4) is 0 Å².